The van der Waals surface area contributed by atoms with E-state index < -0.39 is 16.8 Å². The Morgan fingerprint density at radius 3 is 2.38 bits per heavy atom. The molecule has 0 spiro atoms. The molecule has 0 bridgehead atoms. The van der Waals surface area contributed by atoms with E-state index in [-0.39, 0.29) is 17.9 Å². The van der Waals surface area contributed by atoms with Crippen molar-refractivity contribution in [3.05, 3.63) is 99.6 Å². The molecule has 0 saturated carbocycles. The summed E-state index contributed by atoms with van der Waals surface area (Å²) in [6.45, 7) is 1.72. The number of rotatable bonds is 8. The van der Waals surface area contributed by atoms with Crippen LogP contribution in [0.25, 0.3) is 0 Å². The van der Waals surface area contributed by atoms with E-state index in [2.05, 4.69) is 10.5 Å². The van der Waals surface area contributed by atoms with E-state index in [9.17, 15) is 19.7 Å². The average Bonchev–Trinajstić information content (AvgIpc) is 2.79. The van der Waals surface area contributed by atoms with Crippen LogP contribution in [-0.2, 0) is 4.79 Å². The number of ether oxygens (including phenoxy) is 2. The maximum atomic E-state index is 12.1. The molecule has 3 aromatic carbocycles. The van der Waals surface area contributed by atoms with Gasteiger partial charge in [-0.2, -0.15) is 5.10 Å². The summed E-state index contributed by atoms with van der Waals surface area (Å²) in [6.07, 6.45) is 1.44. The Labute approximate surface area is 183 Å². The first-order chi connectivity index (χ1) is 15.4. The molecule has 0 aromatic heterocycles. The molecule has 0 unspecified atom stereocenters. The molecule has 9 nitrogen and oxygen atoms in total. The number of carbonyl (C=O) groups excluding carboxylic acids is 2. The Kier molecular flexibility index (Phi) is 7.26. The largest absolute Gasteiger partial charge is 0.483 e. The van der Waals surface area contributed by atoms with Crippen LogP contribution in [0.4, 0.5) is 5.69 Å². The molecule has 162 valence electrons. The summed E-state index contributed by atoms with van der Waals surface area (Å²) in [6, 6.07) is 18.9. The molecule has 32 heavy (non-hydrogen) atoms. The second-order valence-electron chi connectivity index (χ2n) is 6.61. The molecule has 3 rings (SSSR count). The molecule has 0 radical (unpaired) electrons. The van der Waals surface area contributed by atoms with Gasteiger partial charge in [0.05, 0.1) is 16.7 Å². The number of para-hydroxylation sites is 1. The zero-order chi connectivity index (χ0) is 22.9. The summed E-state index contributed by atoms with van der Waals surface area (Å²) in [7, 11) is 0. The maximum Gasteiger partial charge on any atom is 0.343 e. The number of nitrogens with zero attached hydrogens (tertiary/aromatic N) is 2. The highest BCUT2D eigenvalue weighted by Gasteiger charge is 2.11. The lowest BCUT2D eigenvalue weighted by atomic mass is 10.2. The van der Waals surface area contributed by atoms with E-state index in [0.717, 1.165) is 5.56 Å². The van der Waals surface area contributed by atoms with E-state index in [1.54, 1.807) is 30.3 Å². The zero-order valence-corrected chi connectivity index (χ0v) is 17.1. The van der Waals surface area contributed by atoms with Gasteiger partial charge in [0.25, 0.3) is 11.6 Å². The number of nitrogens with one attached hydrogen (secondary N) is 1. The Balaban J connectivity index is 1.48. The van der Waals surface area contributed by atoms with Gasteiger partial charge < -0.3 is 9.47 Å². The van der Waals surface area contributed by atoms with Crippen molar-refractivity contribution in [3.63, 3.8) is 0 Å². The number of hydrazone groups is 1. The number of hydrogen-bond donors (Lipinski definition) is 1. The minimum absolute atomic E-state index is 0.112. The van der Waals surface area contributed by atoms with Crippen molar-refractivity contribution in [1.82, 2.24) is 5.43 Å². The summed E-state index contributed by atoms with van der Waals surface area (Å²) in [4.78, 5) is 34.1. The van der Waals surface area contributed by atoms with Crippen molar-refractivity contribution >= 4 is 23.8 Å². The van der Waals surface area contributed by atoms with Crippen molar-refractivity contribution in [1.29, 1.82) is 0 Å². The van der Waals surface area contributed by atoms with E-state index in [1.165, 1.54) is 30.5 Å². The molecule has 3 aromatic rings. The van der Waals surface area contributed by atoms with Crippen molar-refractivity contribution in [2.75, 3.05) is 6.61 Å². The standard InChI is InChI=1S/C23H19N3O6/c1-16-4-2-3-5-21(16)31-15-22(27)25-24-14-17-6-12-20(13-7-17)32-23(28)18-8-10-19(11-9-18)26(29)30/h2-14H,15H2,1H3,(H,25,27)/b24-14-. The predicted molar refractivity (Wildman–Crippen MR) is 117 cm³/mol. The van der Waals surface area contributed by atoms with E-state index >= 15 is 0 Å². The SMILES string of the molecule is Cc1ccccc1OCC(=O)N/N=C\c1ccc(OC(=O)c2ccc([N+](=O)[O-])cc2)cc1. The number of benzene rings is 3. The summed E-state index contributed by atoms with van der Waals surface area (Å²) in [5.41, 5.74) is 4.05. The third-order valence-electron chi connectivity index (χ3n) is 4.26. The Bertz CT molecular complexity index is 1140. The van der Waals surface area contributed by atoms with Crippen LogP contribution in [0.2, 0.25) is 0 Å². The molecule has 0 atom stereocenters. The van der Waals surface area contributed by atoms with Gasteiger partial charge in [0.15, 0.2) is 6.61 Å². The smallest absolute Gasteiger partial charge is 0.343 e. The molecule has 1 N–H and O–H groups in total. The minimum atomic E-state index is -0.637. The molecule has 9 heteroatoms. The number of carbonyl (C=O) groups is 2. The average molecular weight is 433 g/mol. The zero-order valence-electron chi connectivity index (χ0n) is 17.1. The highest BCUT2D eigenvalue weighted by Crippen LogP contribution is 2.17. The predicted octanol–water partition coefficient (Wildman–Crippen LogP) is 3.65. The van der Waals surface area contributed by atoms with Crippen molar-refractivity contribution in [3.8, 4) is 11.5 Å². The summed E-state index contributed by atoms with van der Waals surface area (Å²) < 4.78 is 10.7. The number of amides is 1. The van der Waals surface area contributed by atoms with Crippen molar-refractivity contribution in [2.24, 2.45) is 5.10 Å². The number of nitro groups is 1. The Morgan fingerprint density at radius 1 is 1.03 bits per heavy atom. The second-order valence-corrected chi connectivity index (χ2v) is 6.61. The molecule has 0 aliphatic rings. The summed E-state index contributed by atoms with van der Waals surface area (Å²) in [5.74, 6) is -0.118. The lowest BCUT2D eigenvalue weighted by molar-refractivity contribution is -0.384. The third-order valence-corrected chi connectivity index (χ3v) is 4.26. The first-order valence-electron chi connectivity index (χ1n) is 9.49. The van der Waals surface area contributed by atoms with Crippen LogP contribution in [0.15, 0.2) is 77.9 Å². The van der Waals surface area contributed by atoms with Gasteiger partial charge in [0, 0.05) is 12.1 Å². The van der Waals surface area contributed by atoms with Crippen LogP contribution in [0.1, 0.15) is 21.5 Å². The number of esters is 1. The molecule has 0 saturated heterocycles. The van der Waals surface area contributed by atoms with Crippen LogP contribution < -0.4 is 14.9 Å². The fraction of sp³-hybridized carbons (Fsp3) is 0.0870. The topological polar surface area (TPSA) is 120 Å². The lowest BCUT2D eigenvalue weighted by Crippen LogP contribution is -2.24. The highest BCUT2D eigenvalue weighted by molar-refractivity contribution is 5.91. The number of nitro benzene ring substituents is 1. The number of aryl methyl sites for hydroxylation is 1. The van der Waals surface area contributed by atoms with Crippen LogP contribution in [0, 0.1) is 17.0 Å². The second kappa shape index (κ2) is 10.5. The van der Waals surface area contributed by atoms with E-state index in [1.807, 2.05) is 25.1 Å². The first-order valence-corrected chi connectivity index (χ1v) is 9.49. The van der Waals surface area contributed by atoms with Crippen molar-refractivity contribution < 1.29 is 24.0 Å². The van der Waals surface area contributed by atoms with Gasteiger partial charge in [0.2, 0.25) is 0 Å². The monoisotopic (exact) mass is 433 g/mol. The van der Waals surface area contributed by atoms with Crippen LogP contribution >= 0.6 is 0 Å². The van der Waals surface area contributed by atoms with Crippen LogP contribution in [0.5, 0.6) is 11.5 Å². The van der Waals surface area contributed by atoms with Gasteiger partial charge >= 0.3 is 5.97 Å². The van der Waals surface area contributed by atoms with E-state index in [4.69, 9.17) is 9.47 Å². The summed E-state index contributed by atoms with van der Waals surface area (Å²) in [5, 5.41) is 14.5. The highest BCUT2D eigenvalue weighted by atomic mass is 16.6. The fourth-order valence-electron chi connectivity index (χ4n) is 2.58. The van der Waals surface area contributed by atoms with Crippen LogP contribution in [0.3, 0.4) is 0 Å². The molecule has 0 heterocycles. The normalized spacial score (nSPS) is 10.5. The molecular weight excluding hydrogens is 414 g/mol. The summed E-state index contributed by atoms with van der Waals surface area (Å²) >= 11 is 0. The van der Waals surface area contributed by atoms with Crippen molar-refractivity contribution in [2.45, 2.75) is 6.92 Å². The molecule has 0 aliphatic heterocycles. The Hall–Kier alpha value is -4.53. The molecular formula is C23H19N3O6. The van der Waals surface area contributed by atoms with Gasteiger partial charge in [-0.25, -0.2) is 10.2 Å². The van der Waals surface area contributed by atoms with Gasteiger partial charge in [-0.3, -0.25) is 14.9 Å². The maximum absolute atomic E-state index is 12.1. The minimum Gasteiger partial charge on any atom is -0.483 e. The third kappa shape index (κ3) is 6.23. The van der Waals surface area contributed by atoms with Gasteiger partial charge in [-0.15, -0.1) is 0 Å². The molecule has 1 amide bonds. The number of hydrogen-bond acceptors (Lipinski definition) is 7. The van der Waals surface area contributed by atoms with Crippen LogP contribution in [-0.4, -0.2) is 29.6 Å². The number of non-ortho nitro benzene ring substituents is 1. The van der Waals surface area contributed by atoms with Gasteiger partial charge in [0.1, 0.15) is 11.5 Å². The molecule has 0 fully saturated rings. The Morgan fingerprint density at radius 2 is 1.72 bits per heavy atom. The first kappa shape index (κ1) is 22.2. The lowest BCUT2D eigenvalue weighted by Gasteiger charge is -2.07. The van der Waals surface area contributed by atoms with Gasteiger partial charge in [-0.1, -0.05) is 18.2 Å². The molecule has 0 aliphatic carbocycles. The fourth-order valence-corrected chi connectivity index (χ4v) is 2.58. The van der Waals surface area contributed by atoms with Gasteiger partial charge in [-0.05, 0) is 60.5 Å². The quantitative estimate of drug-likeness (QED) is 0.190. The van der Waals surface area contributed by atoms with E-state index in [0.29, 0.717) is 17.1 Å².